The van der Waals surface area contributed by atoms with Gasteiger partial charge in [0.2, 0.25) is 0 Å². The van der Waals surface area contributed by atoms with Crippen molar-refractivity contribution in [2.45, 2.75) is 26.3 Å². The molecule has 4 rings (SSSR count). The zero-order valence-electron chi connectivity index (χ0n) is 13.6. The first-order valence-electron chi connectivity index (χ1n) is 7.90. The van der Waals surface area contributed by atoms with Gasteiger partial charge in [0.1, 0.15) is 23.7 Å². The predicted octanol–water partition coefficient (Wildman–Crippen LogP) is 1.34. The van der Waals surface area contributed by atoms with Gasteiger partial charge in [0.25, 0.3) is 5.91 Å². The van der Waals surface area contributed by atoms with Crippen LogP contribution in [0.15, 0.2) is 28.9 Å². The van der Waals surface area contributed by atoms with Crippen LogP contribution in [0.1, 0.15) is 28.3 Å². The lowest BCUT2D eigenvalue weighted by atomic mass is 10.2. The molecule has 0 saturated carbocycles. The minimum Gasteiger partial charge on any atom is -0.466 e. The van der Waals surface area contributed by atoms with Gasteiger partial charge in [0.05, 0.1) is 5.56 Å². The number of carbonyl (C=O) groups excluding carboxylic acids is 1. The second-order valence-electron chi connectivity index (χ2n) is 6.06. The molecule has 1 aliphatic heterocycles. The van der Waals surface area contributed by atoms with Crippen LogP contribution in [0.3, 0.4) is 0 Å². The van der Waals surface area contributed by atoms with E-state index in [1.54, 1.807) is 23.8 Å². The van der Waals surface area contributed by atoms with E-state index in [1.165, 1.54) is 0 Å². The molecule has 1 saturated heterocycles. The smallest absolute Gasteiger partial charge is 0.255 e. The SMILES string of the molecule is Cc1cc(C(=O)NC2CCN(c3ccc4nncn4n3)C2)c(C)o1. The lowest BCUT2D eigenvalue weighted by molar-refractivity contribution is 0.0939. The number of hydrogen-bond donors (Lipinski definition) is 1. The first-order valence-corrected chi connectivity index (χ1v) is 7.90. The van der Waals surface area contributed by atoms with Crippen molar-refractivity contribution in [2.75, 3.05) is 18.0 Å². The zero-order chi connectivity index (χ0) is 16.7. The van der Waals surface area contributed by atoms with Crippen molar-refractivity contribution < 1.29 is 9.21 Å². The lowest BCUT2D eigenvalue weighted by Crippen LogP contribution is -2.37. The monoisotopic (exact) mass is 326 g/mol. The summed E-state index contributed by atoms with van der Waals surface area (Å²) in [4.78, 5) is 14.5. The highest BCUT2D eigenvalue weighted by Gasteiger charge is 2.26. The molecular formula is C16H18N6O2. The van der Waals surface area contributed by atoms with Crippen molar-refractivity contribution in [3.05, 3.63) is 41.6 Å². The average molecular weight is 326 g/mol. The van der Waals surface area contributed by atoms with Gasteiger partial charge >= 0.3 is 0 Å². The minimum atomic E-state index is -0.0848. The van der Waals surface area contributed by atoms with Gasteiger partial charge in [0, 0.05) is 19.1 Å². The molecule has 8 nitrogen and oxygen atoms in total. The summed E-state index contributed by atoms with van der Waals surface area (Å²) in [7, 11) is 0. The Kier molecular flexibility index (Phi) is 3.44. The first kappa shape index (κ1) is 14.7. The van der Waals surface area contributed by atoms with E-state index < -0.39 is 0 Å². The highest BCUT2D eigenvalue weighted by molar-refractivity contribution is 5.95. The van der Waals surface area contributed by atoms with Crippen molar-refractivity contribution in [3.63, 3.8) is 0 Å². The third kappa shape index (κ3) is 2.60. The van der Waals surface area contributed by atoms with Crippen LogP contribution in [0.4, 0.5) is 5.82 Å². The highest BCUT2D eigenvalue weighted by Crippen LogP contribution is 2.19. The maximum atomic E-state index is 12.4. The standard InChI is InChI=1S/C16H18N6O2/c1-10-7-13(11(2)24-10)16(23)18-12-5-6-21(8-12)15-4-3-14-19-17-9-22(14)20-15/h3-4,7,9,12H,5-6,8H2,1-2H3,(H,18,23). The molecule has 1 unspecified atom stereocenters. The number of rotatable bonds is 3. The maximum Gasteiger partial charge on any atom is 0.255 e. The average Bonchev–Trinajstić information content (AvgIpc) is 3.26. The largest absolute Gasteiger partial charge is 0.466 e. The van der Waals surface area contributed by atoms with Gasteiger partial charge in [0.15, 0.2) is 5.65 Å². The van der Waals surface area contributed by atoms with Crippen LogP contribution in [0.2, 0.25) is 0 Å². The summed E-state index contributed by atoms with van der Waals surface area (Å²) in [5.41, 5.74) is 1.32. The van der Waals surface area contributed by atoms with Crippen molar-refractivity contribution in [2.24, 2.45) is 0 Å². The summed E-state index contributed by atoms with van der Waals surface area (Å²) in [6.45, 7) is 5.21. The quantitative estimate of drug-likeness (QED) is 0.781. The van der Waals surface area contributed by atoms with E-state index in [4.69, 9.17) is 4.42 Å². The molecule has 0 spiro atoms. The number of aromatic nitrogens is 4. The molecule has 8 heteroatoms. The number of furan rings is 1. The first-order chi connectivity index (χ1) is 11.6. The summed E-state index contributed by atoms with van der Waals surface area (Å²) in [6.07, 6.45) is 2.46. The molecule has 1 aliphatic rings. The fourth-order valence-corrected chi connectivity index (χ4v) is 3.09. The molecule has 4 heterocycles. The van der Waals surface area contributed by atoms with Crippen LogP contribution < -0.4 is 10.2 Å². The van der Waals surface area contributed by atoms with Crippen LogP contribution in [0.5, 0.6) is 0 Å². The molecular weight excluding hydrogens is 308 g/mol. The third-order valence-electron chi connectivity index (χ3n) is 4.28. The minimum absolute atomic E-state index is 0.0848. The lowest BCUT2D eigenvalue weighted by Gasteiger charge is -2.17. The van der Waals surface area contributed by atoms with Gasteiger partial charge in [-0.2, -0.15) is 4.52 Å². The Morgan fingerprint density at radius 2 is 2.25 bits per heavy atom. The number of hydrogen-bond acceptors (Lipinski definition) is 6. The Labute approximate surface area is 138 Å². The van der Waals surface area contributed by atoms with Crippen LogP contribution in [-0.4, -0.2) is 44.8 Å². The number of anilines is 1. The van der Waals surface area contributed by atoms with Gasteiger partial charge in [-0.1, -0.05) is 0 Å². The van der Waals surface area contributed by atoms with E-state index in [0.717, 1.165) is 31.1 Å². The zero-order valence-corrected chi connectivity index (χ0v) is 13.6. The van der Waals surface area contributed by atoms with Crippen LogP contribution >= 0.6 is 0 Å². The molecule has 3 aromatic heterocycles. The predicted molar refractivity (Wildman–Crippen MR) is 87.0 cm³/mol. The van der Waals surface area contributed by atoms with E-state index in [-0.39, 0.29) is 11.9 Å². The normalized spacial score (nSPS) is 17.6. The van der Waals surface area contributed by atoms with E-state index in [1.807, 2.05) is 19.1 Å². The van der Waals surface area contributed by atoms with Gasteiger partial charge in [-0.3, -0.25) is 4.79 Å². The van der Waals surface area contributed by atoms with E-state index >= 15 is 0 Å². The molecule has 1 amide bonds. The Morgan fingerprint density at radius 3 is 3.04 bits per heavy atom. The topological polar surface area (TPSA) is 88.6 Å². The highest BCUT2D eigenvalue weighted by atomic mass is 16.3. The van der Waals surface area contributed by atoms with Crippen molar-refractivity contribution in [1.29, 1.82) is 0 Å². The van der Waals surface area contributed by atoms with Crippen molar-refractivity contribution in [3.8, 4) is 0 Å². The number of aryl methyl sites for hydroxylation is 2. The molecule has 3 aromatic rings. The summed E-state index contributed by atoms with van der Waals surface area (Å²) < 4.78 is 7.08. The summed E-state index contributed by atoms with van der Waals surface area (Å²) in [5, 5.41) is 15.4. The van der Waals surface area contributed by atoms with Gasteiger partial charge in [-0.05, 0) is 38.5 Å². The van der Waals surface area contributed by atoms with Crippen molar-refractivity contribution >= 4 is 17.4 Å². The molecule has 0 bridgehead atoms. The number of nitrogens with one attached hydrogen (secondary N) is 1. The van der Waals surface area contributed by atoms with Crippen LogP contribution in [0, 0.1) is 13.8 Å². The molecule has 0 aliphatic carbocycles. The molecule has 124 valence electrons. The summed E-state index contributed by atoms with van der Waals surface area (Å²) in [5.74, 6) is 2.17. The van der Waals surface area contributed by atoms with Gasteiger partial charge in [-0.25, -0.2) is 0 Å². The van der Waals surface area contributed by atoms with E-state index in [9.17, 15) is 4.79 Å². The molecule has 1 fully saturated rings. The molecule has 0 aromatic carbocycles. The van der Waals surface area contributed by atoms with Gasteiger partial charge < -0.3 is 14.6 Å². The Balaban J connectivity index is 1.44. The van der Waals surface area contributed by atoms with E-state index in [0.29, 0.717) is 17.0 Å². The van der Waals surface area contributed by atoms with E-state index in [2.05, 4.69) is 25.5 Å². The number of amides is 1. The fourth-order valence-electron chi connectivity index (χ4n) is 3.09. The molecule has 1 N–H and O–H groups in total. The number of fused-ring (bicyclic) bond motifs is 1. The molecule has 0 radical (unpaired) electrons. The van der Waals surface area contributed by atoms with Crippen LogP contribution in [-0.2, 0) is 0 Å². The summed E-state index contributed by atoms with van der Waals surface area (Å²) >= 11 is 0. The second-order valence-corrected chi connectivity index (χ2v) is 6.06. The Morgan fingerprint density at radius 1 is 1.38 bits per heavy atom. The fraction of sp³-hybridized carbons (Fsp3) is 0.375. The summed E-state index contributed by atoms with van der Waals surface area (Å²) in [6, 6.07) is 5.68. The number of carbonyl (C=O) groups is 1. The van der Waals surface area contributed by atoms with Crippen LogP contribution in [0.25, 0.3) is 5.65 Å². The molecule has 24 heavy (non-hydrogen) atoms. The second kappa shape index (κ2) is 5.63. The Hall–Kier alpha value is -2.90. The molecule has 1 atom stereocenters. The third-order valence-corrected chi connectivity index (χ3v) is 4.28. The van der Waals surface area contributed by atoms with Crippen molar-refractivity contribution in [1.82, 2.24) is 25.1 Å². The van der Waals surface area contributed by atoms with Gasteiger partial charge in [-0.15, -0.1) is 15.3 Å². The Bertz CT molecular complexity index is 899. The number of nitrogens with zero attached hydrogens (tertiary/aromatic N) is 5. The maximum absolute atomic E-state index is 12.4.